The van der Waals surface area contributed by atoms with E-state index >= 15 is 0 Å². The highest BCUT2D eigenvalue weighted by molar-refractivity contribution is 6.39. The van der Waals surface area contributed by atoms with E-state index in [4.69, 9.17) is 4.74 Å². The smallest absolute Gasteiger partial charge is 0.313 e. The van der Waals surface area contributed by atoms with Crippen LogP contribution in [0.5, 0.6) is 11.6 Å². The second-order valence-electron chi connectivity index (χ2n) is 6.68. The van der Waals surface area contributed by atoms with Crippen molar-refractivity contribution in [2.75, 3.05) is 5.32 Å². The van der Waals surface area contributed by atoms with Crippen LogP contribution < -0.4 is 15.4 Å². The first-order valence-electron chi connectivity index (χ1n) is 9.33. The molecule has 2 amide bonds. The summed E-state index contributed by atoms with van der Waals surface area (Å²) in [7, 11) is 0. The lowest BCUT2D eigenvalue weighted by molar-refractivity contribution is -0.136. The molecule has 0 aliphatic carbocycles. The van der Waals surface area contributed by atoms with Gasteiger partial charge in [-0.15, -0.1) is 10.2 Å². The highest BCUT2D eigenvalue weighted by Crippen LogP contribution is 2.22. The summed E-state index contributed by atoms with van der Waals surface area (Å²) < 4.78 is 7.62. The van der Waals surface area contributed by atoms with Gasteiger partial charge in [0.2, 0.25) is 5.88 Å². The first-order chi connectivity index (χ1) is 14.1. The molecule has 4 rings (SSSR count). The number of aryl methyl sites for hydroxylation is 1. The zero-order valence-corrected chi connectivity index (χ0v) is 15.8. The van der Waals surface area contributed by atoms with Crippen LogP contribution in [0.2, 0.25) is 0 Å². The van der Waals surface area contributed by atoms with Gasteiger partial charge in [-0.05, 0) is 31.5 Å². The second kappa shape index (κ2) is 8.09. The van der Waals surface area contributed by atoms with Crippen LogP contribution in [0.3, 0.4) is 0 Å². The van der Waals surface area contributed by atoms with E-state index in [1.165, 1.54) is 6.20 Å². The number of ether oxygens (including phenoxy) is 1. The highest BCUT2D eigenvalue weighted by atomic mass is 16.5. The van der Waals surface area contributed by atoms with Crippen molar-refractivity contribution in [2.24, 2.45) is 0 Å². The summed E-state index contributed by atoms with van der Waals surface area (Å²) in [4.78, 5) is 28.7. The van der Waals surface area contributed by atoms with Crippen LogP contribution in [0.25, 0.3) is 0 Å². The predicted molar refractivity (Wildman–Crippen MR) is 104 cm³/mol. The molecule has 148 valence electrons. The van der Waals surface area contributed by atoms with Gasteiger partial charge in [0, 0.05) is 30.9 Å². The Kier molecular flexibility index (Phi) is 5.19. The van der Waals surface area contributed by atoms with Gasteiger partial charge in [-0.2, -0.15) is 0 Å². The van der Waals surface area contributed by atoms with Gasteiger partial charge in [0.05, 0.1) is 6.04 Å². The van der Waals surface area contributed by atoms with Gasteiger partial charge in [-0.1, -0.05) is 18.2 Å². The molecule has 2 N–H and O–H groups in total. The van der Waals surface area contributed by atoms with E-state index in [2.05, 4.69) is 25.8 Å². The maximum absolute atomic E-state index is 12.3. The van der Waals surface area contributed by atoms with Gasteiger partial charge in [0.15, 0.2) is 5.82 Å². The molecule has 1 aromatic carbocycles. The number of carbonyl (C=O) groups is 2. The molecule has 0 fully saturated rings. The van der Waals surface area contributed by atoms with Crippen LogP contribution in [0.4, 0.5) is 5.69 Å². The number of rotatable bonds is 5. The second-order valence-corrected chi connectivity index (χ2v) is 6.68. The molecule has 0 unspecified atom stereocenters. The molecule has 0 bridgehead atoms. The molecule has 1 atom stereocenters. The van der Waals surface area contributed by atoms with Crippen molar-refractivity contribution in [3.05, 3.63) is 60.3 Å². The van der Waals surface area contributed by atoms with E-state index in [1.54, 1.807) is 31.2 Å². The van der Waals surface area contributed by atoms with Gasteiger partial charge in [0.25, 0.3) is 0 Å². The van der Waals surface area contributed by atoms with Crippen molar-refractivity contribution < 1.29 is 14.3 Å². The maximum atomic E-state index is 12.3. The van der Waals surface area contributed by atoms with Crippen molar-refractivity contribution in [3.63, 3.8) is 0 Å². The molecule has 3 heterocycles. The van der Waals surface area contributed by atoms with Gasteiger partial charge in [0.1, 0.15) is 11.6 Å². The van der Waals surface area contributed by atoms with Crippen LogP contribution in [-0.4, -0.2) is 31.6 Å². The SMILES string of the molecule is C[C@@H](NC(=O)C(=O)Nc1ccnc(Oc2ccccc2)c1)c1nnc2n1CCC2. The van der Waals surface area contributed by atoms with Crippen LogP contribution in [0.1, 0.15) is 31.0 Å². The number of para-hydroxylation sites is 1. The molecular formula is C20H20N6O3. The fraction of sp³-hybridized carbons (Fsp3) is 0.250. The zero-order chi connectivity index (χ0) is 20.2. The van der Waals surface area contributed by atoms with Gasteiger partial charge in [-0.3, -0.25) is 9.59 Å². The Bertz CT molecular complexity index is 1030. The van der Waals surface area contributed by atoms with E-state index < -0.39 is 17.9 Å². The first kappa shape index (κ1) is 18.6. The Morgan fingerprint density at radius 1 is 1.14 bits per heavy atom. The lowest BCUT2D eigenvalue weighted by atomic mass is 10.3. The van der Waals surface area contributed by atoms with Crippen molar-refractivity contribution in [1.82, 2.24) is 25.1 Å². The van der Waals surface area contributed by atoms with E-state index in [-0.39, 0.29) is 0 Å². The number of pyridine rings is 1. The van der Waals surface area contributed by atoms with E-state index in [0.717, 1.165) is 25.2 Å². The van der Waals surface area contributed by atoms with Crippen molar-refractivity contribution in [2.45, 2.75) is 32.4 Å². The van der Waals surface area contributed by atoms with Gasteiger partial charge in [-0.25, -0.2) is 4.98 Å². The van der Waals surface area contributed by atoms with Crippen LogP contribution in [-0.2, 0) is 22.6 Å². The third kappa shape index (κ3) is 4.23. The predicted octanol–water partition coefficient (Wildman–Crippen LogP) is 2.23. The average Bonchev–Trinajstić information content (AvgIpc) is 3.32. The van der Waals surface area contributed by atoms with Crippen molar-refractivity contribution in [1.29, 1.82) is 0 Å². The fourth-order valence-electron chi connectivity index (χ4n) is 3.16. The quantitative estimate of drug-likeness (QED) is 0.644. The number of nitrogens with one attached hydrogen (secondary N) is 2. The molecule has 1 aliphatic rings. The van der Waals surface area contributed by atoms with E-state index in [0.29, 0.717) is 23.1 Å². The Morgan fingerprint density at radius 2 is 1.97 bits per heavy atom. The number of hydrogen-bond acceptors (Lipinski definition) is 6. The standard InChI is InChI=1S/C20H20N6O3/c1-13(18-25-24-16-8-5-11-26(16)18)22-19(27)20(28)23-14-9-10-21-17(12-14)29-15-6-3-2-4-7-15/h2-4,6-7,9-10,12-13H,5,8,11H2,1H3,(H,22,27)(H,21,23,28)/t13-/m1/s1. The summed E-state index contributed by atoms with van der Waals surface area (Å²) in [5, 5.41) is 13.5. The van der Waals surface area contributed by atoms with E-state index in [9.17, 15) is 9.59 Å². The Labute approximate surface area is 167 Å². The largest absolute Gasteiger partial charge is 0.439 e. The fourth-order valence-corrected chi connectivity index (χ4v) is 3.16. The van der Waals surface area contributed by atoms with Crippen LogP contribution >= 0.6 is 0 Å². The van der Waals surface area contributed by atoms with Crippen molar-refractivity contribution >= 4 is 17.5 Å². The molecule has 2 aromatic heterocycles. The summed E-state index contributed by atoms with van der Waals surface area (Å²) in [6.45, 7) is 2.60. The molecule has 29 heavy (non-hydrogen) atoms. The summed E-state index contributed by atoms with van der Waals surface area (Å²) in [5.41, 5.74) is 0.405. The molecule has 1 aliphatic heterocycles. The van der Waals surface area contributed by atoms with E-state index in [1.807, 2.05) is 22.8 Å². The molecule has 0 radical (unpaired) electrons. The number of aromatic nitrogens is 4. The summed E-state index contributed by atoms with van der Waals surface area (Å²) in [5.74, 6) is 0.956. The molecule has 0 saturated carbocycles. The third-order valence-corrected chi connectivity index (χ3v) is 4.54. The number of carbonyl (C=O) groups excluding carboxylic acids is 2. The number of amides is 2. The number of nitrogens with zero attached hydrogens (tertiary/aromatic N) is 4. The molecule has 3 aromatic rings. The highest BCUT2D eigenvalue weighted by Gasteiger charge is 2.24. The van der Waals surface area contributed by atoms with Crippen LogP contribution in [0.15, 0.2) is 48.7 Å². The average molecular weight is 392 g/mol. The van der Waals surface area contributed by atoms with Gasteiger partial charge >= 0.3 is 11.8 Å². The Balaban J connectivity index is 1.37. The maximum Gasteiger partial charge on any atom is 0.313 e. The zero-order valence-electron chi connectivity index (χ0n) is 15.8. The minimum Gasteiger partial charge on any atom is -0.439 e. The summed E-state index contributed by atoms with van der Waals surface area (Å²) in [6, 6.07) is 11.9. The number of benzene rings is 1. The molecule has 0 spiro atoms. The van der Waals surface area contributed by atoms with Crippen LogP contribution in [0, 0.1) is 0 Å². The third-order valence-electron chi connectivity index (χ3n) is 4.54. The number of hydrogen-bond donors (Lipinski definition) is 2. The Morgan fingerprint density at radius 3 is 2.79 bits per heavy atom. The lowest BCUT2D eigenvalue weighted by Crippen LogP contribution is -2.37. The summed E-state index contributed by atoms with van der Waals surface area (Å²) >= 11 is 0. The molecule has 9 nitrogen and oxygen atoms in total. The molecule has 9 heteroatoms. The monoisotopic (exact) mass is 392 g/mol. The number of fused-ring (bicyclic) bond motifs is 1. The summed E-state index contributed by atoms with van der Waals surface area (Å²) in [6.07, 6.45) is 3.38. The lowest BCUT2D eigenvalue weighted by Gasteiger charge is -2.14. The Hall–Kier alpha value is -3.75. The normalized spacial score (nSPS) is 13.4. The number of anilines is 1. The molecule has 0 saturated heterocycles. The topological polar surface area (TPSA) is 111 Å². The molecular weight excluding hydrogens is 372 g/mol. The first-order valence-corrected chi connectivity index (χ1v) is 9.33. The van der Waals surface area contributed by atoms with Crippen molar-refractivity contribution in [3.8, 4) is 11.6 Å². The van der Waals surface area contributed by atoms with Gasteiger partial charge < -0.3 is 19.9 Å². The minimum atomic E-state index is -0.783. The minimum absolute atomic E-state index is 0.307.